The summed E-state index contributed by atoms with van der Waals surface area (Å²) in [5.41, 5.74) is 2.21. The number of anilines is 1. The van der Waals surface area contributed by atoms with Gasteiger partial charge < -0.3 is 19.9 Å². The second kappa shape index (κ2) is 7.87. The Hall–Kier alpha value is -4.52. The minimum Gasteiger partial charge on any atom is -0.508 e. The molecule has 0 radical (unpaired) electrons. The second-order valence-corrected chi connectivity index (χ2v) is 7.71. The van der Waals surface area contributed by atoms with Gasteiger partial charge in [0.1, 0.15) is 17.3 Å². The number of Topliss-reactive ketones (excluding diaryl/α,β-unsaturated/α-hetero) is 1. The van der Waals surface area contributed by atoms with Crippen molar-refractivity contribution in [2.24, 2.45) is 0 Å². The monoisotopic (exact) mass is 440 g/mol. The van der Waals surface area contributed by atoms with E-state index in [4.69, 9.17) is 4.74 Å². The van der Waals surface area contributed by atoms with Crippen LogP contribution in [0.2, 0.25) is 0 Å². The zero-order valence-corrected chi connectivity index (χ0v) is 17.6. The molecule has 1 aliphatic rings. The first-order chi connectivity index (χ1) is 16.0. The van der Waals surface area contributed by atoms with E-state index in [9.17, 15) is 19.8 Å². The van der Waals surface area contributed by atoms with E-state index in [1.807, 2.05) is 24.3 Å². The van der Waals surface area contributed by atoms with Gasteiger partial charge in [0.05, 0.1) is 18.7 Å². The first-order valence-electron chi connectivity index (χ1n) is 10.3. The number of aromatic nitrogens is 1. The standard InChI is InChI=1S/C26H20N2O5/c1-33-18-6-4-5-16(13-18)28-23(15-9-11-17(29)12-10-15)22(25(31)26(28)32)24(30)20-14-27-21-8-3-2-7-19(20)21/h2-14,23,27,29-30H,1H3/b24-22-. The Morgan fingerprint density at radius 3 is 2.52 bits per heavy atom. The summed E-state index contributed by atoms with van der Waals surface area (Å²) in [6.45, 7) is 0. The zero-order valence-electron chi connectivity index (χ0n) is 17.6. The second-order valence-electron chi connectivity index (χ2n) is 7.71. The summed E-state index contributed by atoms with van der Waals surface area (Å²) >= 11 is 0. The predicted molar refractivity (Wildman–Crippen MR) is 124 cm³/mol. The van der Waals surface area contributed by atoms with Crippen LogP contribution >= 0.6 is 0 Å². The van der Waals surface area contributed by atoms with Gasteiger partial charge in [-0.25, -0.2) is 0 Å². The van der Waals surface area contributed by atoms with Crippen molar-refractivity contribution in [2.75, 3.05) is 12.0 Å². The lowest BCUT2D eigenvalue weighted by Gasteiger charge is -2.25. The van der Waals surface area contributed by atoms with Crippen molar-refractivity contribution in [3.05, 3.63) is 95.7 Å². The number of ketones is 1. The fraction of sp³-hybridized carbons (Fsp3) is 0.0769. The van der Waals surface area contributed by atoms with Gasteiger partial charge in [-0.3, -0.25) is 14.5 Å². The number of amides is 1. The van der Waals surface area contributed by atoms with E-state index in [0.717, 1.165) is 10.9 Å². The molecular formula is C26H20N2O5. The zero-order chi connectivity index (χ0) is 23.1. The number of carbonyl (C=O) groups is 2. The minimum absolute atomic E-state index is 0.0294. The number of ether oxygens (including phenoxy) is 1. The van der Waals surface area contributed by atoms with Crippen molar-refractivity contribution in [1.29, 1.82) is 0 Å². The Bertz CT molecular complexity index is 1420. The Morgan fingerprint density at radius 1 is 1.00 bits per heavy atom. The molecule has 7 heteroatoms. The van der Waals surface area contributed by atoms with E-state index >= 15 is 0 Å². The lowest BCUT2D eigenvalue weighted by atomic mass is 9.95. The average Bonchev–Trinajstić information content (AvgIpc) is 3.38. The molecule has 164 valence electrons. The normalized spacial score (nSPS) is 17.6. The average molecular weight is 440 g/mol. The van der Waals surface area contributed by atoms with Crippen LogP contribution in [0.5, 0.6) is 11.5 Å². The van der Waals surface area contributed by atoms with Gasteiger partial charge in [0.25, 0.3) is 11.7 Å². The number of para-hydroxylation sites is 1. The molecule has 0 saturated carbocycles. The number of rotatable bonds is 4. The van der Waals surface area contributed by atoms with Crippen molar-refractivity contribution in [2.45, 2.75) is 6.04 Å². The number of aromatic amines is 1. The summed E-state index contributed by atoms with van der Waals surface area (Å²) in [6.07, 6.45) is 1.62. The van der Waals surface area contributed by atoms with Crippen LogP contribution in [0, 0.1) is 0 Å². The Labute approximate surface area is 189 Å². The van der Waals surface area contributed by atoms with Crippen LogP contribution in [0.1, 0.15) is 17.2 Å². The van der Waals surface area contributed by atoms with E-state index in [2.05, 4.69) is 4.98 Å². The van der Waals surface area contributed by atoms with E-state index in [1.54, 1.807) is 42.6 Å². The maximum absolute atomic E-state index is 13.3. The number of aliphatic hydroxyl groups excluding tert-OH is 1. The van der Waals surface area contributed by atoms with Crippen molar-refractivity contribution in [3.63, 3.8) is 0 Å². The van der Waals surface area contributed by atoms with Crippen LogP contribution in [0.25, 0.3) is 16.7 Å². The van der Waals surface area contributed by atoms with Gasteiger partial charge in [0, 0.05) is 34.4 Å². The molecule has 3 N–H and O–H groups in total. The molecule has 7 nitrogen and oxygen atoms in total. The molecule has 1 aromatic heterocycles. The van der Waals surface area contributed by atoms with Gasteiger partial charge in [0.15, 0.2) is 0 Å². The molecular weight excluding hydrogens is 420 g/mol. The highest BCUT2D eigenvalue weighted by Gasteiger charge is 2.47. The highest BCUT2D eigenvalue weighted by Crippen LogP contribution is 2.43. The number of nitrogens with one attached hydrogen (secondary N) is 1. The number of carbonyl (C=O) groups excluding carboxylic acids is 2. The quantitative estimate of drug-likeness (QED) is 0.246. The minimum atomic E-state index is -0.897. The fourth-order valence-corrected chi connectivity index (χ4v) is 4.24. The van der Waals surface area contributed by atoms with Crippen molar-refractivity contribution in [1.82, 2.24) is 4.98 Å². The molecule has 1 unspecified atom stereocenters. The molecule has 1 fully saturated rings. The van der Waals surface area contributed by atoms with Crippen LogP contribution in [0.4, 0.5) is 5.69 Å². The summed E-state index contributed by atoms with van der Waals surface area (Å²) in [4.78, 5) is 30.9. The number of aromatic hydroxyl groups is 1. The van der Waals surface area contributed by atoms with Crippen LogP contribution < -0.4 is 9.64 Å². The summed E-state index contributed by atoms with van der Waals surface area (Å²) in [5.74, 6) is -1.25. The molecule has 5 rings (SSSR count). The largest absolute Gasteiger partial charge is 0.508 e. The van der Waals surface area contributed by atoms with Crippen LogP contribution in [0.15, 0.2) is 84.6 Å². The topological polar surface area (TPSA) is 103 Å². The van der Waals surface area contributed by atoms with Crippen LogP contribution in [-0.4, -0.2) is 34.0 Å². The predicted octanol–water partition coefficient (Wildman–Crippen LogP) is 4.51. The van der Waals surface area contributed by atoms with Crippen molar-refractivity contribution < 1.29 is 24.5 Å². The summed E-state index contributed by atoms with van der Waals surface area (Å²) < 4.78 is 5.29. The first kappa shape index (κ1) is 20.4. The number of methoxy groups -OCH3 is 1. The molecule has 1 aliphatic heterocycles. The number of H-pyrrole nitrogens is 1. The smallest absolute Gasteiger partial charge is 0.300 e. The number of phenolic OH excluding ortho intramolecular Hbond substituents is 1. The summed E-state index contributed by atoms with van der Waals surface area (Å²) in [7, 11) is 1.52. The third-order valence-corrected chi connectivity index (χ3v) is 5.83. The Balaban J connectivity index is 1.75. The van der Waals surface area contributed by atoms with Gasteiger partial charge in [-0.15, -0.1) is 0 Å². The summed E-state index contributed by atoms with van der Waals surface area (Å²) in [6, 6.07) is 19.5. The number of hydrogen-bond acceptors (Lipinski definition) is 5. The van der Waals surface area contributed by atoms with E-state index < -0.39 is 17.7 Å². The lowest BCUT2D eigenvalue weighted by molar-refractivity contribution is -0.132. The lowest BCUT2D eigenvalue weighted by Crippen LogP contribution is -2.29. The number of phenols is 1. The number of fused-ring (bicyclic) bond motifs is 1. The Morgan fingerprint density at radius 2 is 1.76 bits per heavy atom. The van der Waals surface area contributed by atoms with Crippen LogP contribution in [0.3, 0.4) is 0 Å². The number of nitrogens with zero attached hydrogens (tertiary/aromatic N) is 1. The SMILES string of the molecule is COc1cccc(N2C(=O)C(=O)/C(=C(\O)c3c[nH]c4ccccc34)C2c2ccc(O)cc2)c1. The number of benzene rings is 3. The molecule has 0 aliphatic carbocycles. The van der Waals surface area contributed by atoms with Crippen molar-refractivity contribution >= 4 is 34.0 Å². The van der Waals surface area contributed by atoms with Gasteiger partial charge in [0.2, 0.25) is 0 Å². The van der Waals surface area contributed by atoms with E-state index in [1.165, 1.54) is 24.1 Å². The molecule has 2 heterocycles. The van der Waals surface area contributed by atoms with Gasteiger partial charge in [-0.1, -0.05) is 36.4 Å². The van der Waals surface area contributed by atoms with E-state index in [0.29, 0.717) is 22.6 Å². The third-order valence-electron chi connectivity index (χ3n) is 5.83. The van der Waals surface area contributed by atoms with Gasteiger partial charge in [-0.05, 0) is 35.9 Å². The number of hydrogen-bond donors (Lipinski definition) is 3. The van der Waals surface area contributed by atoms with Crippen molar-refractivity contribution in [3.8, 4) is 11.5 Å². The summed E-state index contributed by atoms with van der Waals surface area (Å²) in [5, 5.41) is 21.8. The van der Waals surface area contributed by atoms with Gasteiger partial charge in [-0.2, -0.15) is 0 Å². The highest BCUT2D eigenvalue weighted by atomic mass is 16.5. The first-order valence-corrected chi connectivity index (χ1v) is 10.3. The highest BCUT2D eigenvalue weighted by molar-refractivity contribution is 6.51. The molecule has 33 heavy (non-hydrogen) atoms. The molecule has 4 aromatic rings. The molecule has 0 spiro atoms. The number of aliphatic hydroxyl groups is 1. The molecule has 1 amide bonds. The maximum atomic E-state index is 13.3. The maximum Gasteiger partial charge on any atom is 0.300 e. The molecule has 0 bridgehead atoms. The van der Waals surface area contributed by atoms with E-state index in [-0.39, 0.29) is 17.1 Å². The third kappa shape index (κ3) is 3.30. The Kier molecular flexibility index (Phi) is 4.86. The fourth-order valence-electron chi connectivity index (χ4n) is 4.24. The molecule has 3 aromatic carbocycles. The molecule has 1 atom stereocenters. The molecule has 1 saturated heterocycles. The van der Waals surface area contributed by atoms with Crippen LogP contribution in [-0.2, 0) is 9.59 Å². The van der Waals surface area contributed by atoms with Gasteiger partial charge >= 0.3 is 0 Å².